The van der Waals surface area contributed by atoms with Crippen molar-refractivity contribution in [2.24, 2.45) is 0 Å². The van der Waals surface area contributed by atoms with Crippen molar-refractivity contribution < 1.29 is 18.9 Å². The van der Waals surface area contributed by atoms with Crippen LogP contribution in [-0.2, 0) is 22.3 Å². The van der Waals surface area contributed by atoms with Gasteiger partial charge in [0.1, 0.15) is 17.3 Å². The summed E-state index contributed by atoms with van der Waals surface area (Å²) in [5.41, 5.74) is 5.25. The first kappa shape index (κ1) is 20.7. The second kappa shape index (κ2) is 8.18. The Morgan fingerprint density at radius 3 is 2.30 bits per heavy atom. The molecule has 0 saturated carbocycles. The largest absolute Gasteiger partial charge is 0.497 e. The van der Waals surface area contributed by atoms with Crippen LogP contribution in [0.2, 0.25) is 0 Å². The summed E-state index contributed by atoms with van der Waals surface area (Å²) in [6.07, 6.45) is 6.19. The maximum Gasteiger partial charge on any atom is 0.171 e. The molecule has 2 fully saturated rings. The zero-order valence-corrected chi connectivity index (χ0v) is 19.3. The molecule has 1 aromatic carbocycles. The number of piperidine rings is 1. The molecule has 174 valence electrons. The number of hydrogen-bond donors (Lipinski definition) is 0. The highest BCUT2D eigenvalue weighted by Crippen LogP contribution is 2.38. The van der Waals surface area contributed by atoms with Gasteiger partial charge < -0.3 is 23.8 Å². The monoisotopic (exact) mass is 450 g/mol. The number of nitrogens with zero attached hydrogens (tertiary/aromatic N) is 4. The summed E-state index contributed by atoms with van der Waals surface area (Å²) in [4.78, 5) is 7.49. The van der Waals surface area contributed by atoms with Gasteiger partial charge in [0.2, 0.25) is 0 Å². The zero-order chi connectivity index (χ0) is 22.4. The van der Waals surface area contributed by atoms with Crippen molar-refractivity contribution in [3.63, 3.8) is 0 Å². The molecule has 6 rings (SSSR count). The lowest BCUT2D eigenvalue weighted by Crippen LogP contribution is -2.46. The molecule has 2 aliphatic heterocycles. The van der Waals surface area contributed by atoms with Crippen molar-refractivity contribution in [2.45, 2.75) is 44.3 Å². The quantitative estimate of drug-likeness (QED) is 0.601. The first-order chi connectivity index (χ1) is 16.2. The molecule has 2 saturated heterocycles. The number of anilines is 1. The van der Waals surface area contributed by atoms with E-state index in [-0.39, 0.29) is 0 Å². The van der Waals surface area contributed by atoms with Gasteiger partial charge in [0.15, 0.2) is 11.4 Å². The van der Waals surface area contributed by atoms with Crippen molar-refractivity contribution in [1.29, 1.82) is 0 Å². The normalized spacial score (nSPS) is 19.8. The highest BCUT2D eigenvalue weighted by molar-refractivity contribution is 5.70. The van der Waals surface area contributed by atoms with E-state index in [2.05, 4.69) is 11.0 Å². The molecule has 4 heterocycles. The number of methoxy groups -OCH3 is 2. The number of aromatic nitrogens is 3. The Bertz CT molecular complexity index is 1150. The summed E-state index contributed by atoms with van der Waals surface area (Å²) in [6, 6.07) is 7.92. The van der Waals surface area contributed by atoms with Gasteiger partial charge in [-0.15, -0.1) is 0 Å². The zero-order valence-electron chi connectivity index (χ0n) is 19.3. The number of rotatable bonds is 4. The standard InChI is InChI=1S/C25H30N4O4/c1-30-18-13-17(14-19(15-18)31-2)22-16-23-26-21-6-4-3-5-20(21)24(29(23)27-22)28-9-7-25(8-10-28)32-11-12-33-25/h13-16H,3-12H2,1-2H3. The third-order valence-corrected chi connectivity index (χ3v) is 7.13. The highest BCUT2D eigenvalue weighted by atomic mass is 16.7. The first-order valence-electron chi connectivity index (χ1n) is 11.9. The summed E-state index contributed by atoms with van der Waals surface area (Å²) in [7, 11) is 3.33. The minimum atomic E-state index is -0.394. The van der Waals surface area contributed by atoms with E-state index in [4.69, 9.17) is 29.0 Å². The van der Waals surface area contributed by atoms with Crippen LogP contribution in [0.25, 0.3) is 16.9 Å². The van der Waals surface area contributed by atoms with Gasteiger partial charge in [0, 0.05) is 54.9 Å². The van der Waals surface area contributed by atoms with Gasteiger partial charge in [0.25, 0.3) is 0 Å². The molecule has 0 amide bonds. The Labute approximate surface area is 193 Å². The summed E-state index contributed by atoms with van der Waals surface area (Å²) in [5.74, 6) is 2.27. The fourth-order valence-corrected chi connectivity index (χ4v) is 5.39. The van der Waals surface area contributed by atoms with Gasteiger partial charge in [-0.1, -0.05) is 0 Å². The van der Waals surface area contributed by atoms with Crippen LogP contribution in [0.5, 0.6) is 11.5 Å². The number of fused-ring (bicyclic) bond motifs is 2. The smallest absolute Gasteiger partial charge is 0.171 e. The third-order valence-electron chi connectivity index (χ3n) is 7.13. The van der Waals surface area contributed by atoms with Gasteiger partial charge in [-0.2, -0.15) is 9.61 Å². The fourth-order valence-electron chi connectivity index (χ4n) is 5.39. The number of aryl methyl sites for hydroxylation is 1. The van der Waals surface area contributed by atoms with Crippen LogP contribution in [0.15, 0.2) is 24.3 Å². The van der Waals surface area contributed by atoms with Crippen molar-refractivity contribution in [2.75, 3.05) is 45.4 Å². The van der Waals surface area contributed by atoms with E-state index in [1.54, 1.807) is 14.2 Å². The lowest BCUT2D eigenvalue weighted by atomic mass is 9.95. The average Bonchev–Trinajstić information content (AvgIpc) is 3.50. The number of benzene rings is 1. The summed E-state index contributed by atoms with van der Waals surface area (Å²) >= 11 is 0. The van der Waals surface area contributed by atoms with Gasteiger partial charge in [-0.05, 0) is 37.8 Å². The van der Waals surface area contributed by atoms with Crippen LogP contribution in [0, 0.1) is 0 Å². The fraction of sp³-hybridized carbons (Fsp3) is 0.520. The summed E-state index contributed by atoms with van der Waals surface area (Å²) < 4.78 is 24.9. The maximum atomic E-state index is 5.96. The van der Waals surface area contributed by atoms with Crippen LogP contribution >= 0.6 is 0 Å². The summed E-state index contributed by atoms with van der Waals surface area (Å²) in [5, 5.41) is 5.04. The molecule has 3 aromatic rings. The van der Waals surface area contributed by atoms with Crippen LogP contribution in [0.4, 0.5) is 5.82 Å². The van der Waals surface area contributed by atoms with Crippen molar-refractivity contribution >= 4 is 11.5 Å². The Morgan fingerprint density at radius 2 is 1.61 bits per heavy atom. The molecule has 3 aliphatic rings. The molecule has 8 nitrogen and oxygen atoms in total. The lowest BCUT2D eigenvalue weighted by molar-refractivity contribution is -0.169. The third kappa shape index (κ3) is 3.61. The molecule has 0 N–H and O–H groups in total. The van der Waals surface area contributed by atoms with E-state index in [9.17, 15) is 0 Å². The SMILES string of the molecule is COc1cc(OC)cc(-c2cc3nc4c(c(N5CCC6(CC5)OCCO6)n3n2)CCCC4)c1. The van der Waals surface area contributed by atoms with Gasteiger partial charge in [-0.3, -0.25) is 0 Å². The van der Waals surface area contributed by atoms with E-state index >= 15 is 0 Å². The minimum absolute atomic E-state index is 0.394. The lowest BCUT2D eigenvalue weighted by Gasteiger charge is -2.39. The van der Waals surface area contributed by atoms with Crippen LogP contribution in [-0.4, -0.2) is 60.9 Å². The first-order valence-corrected chi connectivity index (χ1v) is 11.9. The van der Waals surface area contributed by atoms with Crippen LogP contribution < -0.4 is 14.4 Å². The van der Waals surface area contributed by atoms with Crippen molar-refractivity contribution in [3.05, 3.63) is 35.5 Å². The van der Waals surface area contributed by atoms with Crippen molar-refractivity contribution in [3.8, 4) is 22.8 Å². The van der Waals surface area contributed by atoms with Gasteiger partial charge in [-0.25, -0.2) is 4.98 Å². The Morgan fingerprint density at radius 1 is 0.909 bits per heavy atom. The average molecular weight is 451 g/mol. The minimum Gasteiger partial charge on any atom is -0.497 e. The number of ether oxygens (including phenoxy) is 4. The molecular weight excluding hydrogens is 420 g/mol. The molecular formula is C25H30N4O4. The molecule has 1 spiro atoms. The molecule has 33 heavy (non-hydrogen) atoms. The van der Waals surface area contributed by atoms with E-state index in [1.807, 2.05) is 22.7 Å². The predicted octanol–water partition coefficient (Wildman–Crippen LogP) is 3.64. The Balaban J connectivity index is 1.44. The van der Waals surface area contributed by atoms with E-state index in [1.165, 1.54) is 29.9 Å². The second-order valence-electron chi connectivity index (χ2n) is 9.06. The molecule has 8 heteroatoms. The van der Waals surface area contributed by atoms with E-state index in [0.29, 0.717) is 13.2 Å². The van der Waals surface area contributed by atoms with Crippen LogP contribution in [0.3, 0.4) is 0 Å². The molecule has 2 aromatic heterocycles. The maximum absolute atomic E-state index is 5.96. The van der Waals surface area contributed by atoms with Gasteiger partial charge >= 0.3 is 0 Å². The Hall–Kier alpha value is -2.84. The highest BCUT2D eigenvalue weighted by Gasteiger charge is 2.41. The number of hydrogen-bond acceptors (Lipinski definition) is 7. The molecule has 0 atom stereocenters. The van der Waals surface area contributed by atoms with Gasteiger partial charge in [0.05, 0.1) is 33.1 Å². The molecule has 0 bridgehead atoms. The van der Waals surface area contributed by atoms with E-state index in [0.717, 1.165) is 67.2 Å². The van der Waals surface area contributed by atoms with Crippen molar-refractivity contribution in [1.82, 2.24) is 14.6 Å². The molecule has 1 aliphatic carbocycles. The second-order valence-corrected chi connectivity index (χ2v) is 9.06. The summed E-state index contributed by atoms with van der Waals surface area (Å²) in [6.45, 7) is 3.16. The molecule has 0 unspecified atom stereocenters. The van der Waals surface area contributed by atoms with Crippen LogP contribution in [0.1, 0.15) is 36.9 Å². The predicted molar refractivity (Wildman–Crippen MR) is 124 cm³/mol. The molecule has 0 radical (unpaired) electrons. The van der Waals surface area contributed by atoms with E-state index < -0.39 is 5.79 Å². The topological polar surface area (TPSA) is 70.4 Å². The Kier molecular flexibility index (Phi) is 5.14.